The van der Waals surface area contributed by atoms with E-state index in [9.17, 15) is 22.0 Å². The molecule has 2 saturated heterocycles. The van der Waals surface area contributed by atoms with Gasteiger partial charge in [0.2, 0.25) is 0 Å². The fourth-order valence-corrected chi connectivity index (χ4v) is 6.74. The summed E-state index contributed by atoms with van der Waals surface area (Å²) in [4.78, 5) is 16.6. The van der Waals surface area contributed by atoms with E-state index >= 15 is 4.39 Å². The number of nitrogens with one attached hydrogen (secondary N) is 2. The molecule has 8 nitrogen and oxygen atoms in total. The zero-order valence-electron chi connectivity index (χ0n) is 23.4. The lowest BCUT2D eigenvalue weighted by atomic mass is 10.0. The van der Waals surface area contributed by atoms with Crippen molar-refractivity contribution in [3.05, 3.63) is 35.1 Å². The van der Waals surface area contributed by atoms with Gasteiger partial charge < -0.3 is 25.2 Å². The van der Waals surface area contributed by atoms with Crippen LogP contribution in [0.5, 0.6) is 6.01 Å². The SMILES string of the molecule is CN1CCC[C@H]1COc1nc(N2CCNCC(F)(F)C2)c2cc(Cl)c(-c3cccc4sc(NCC(F)(F)F)nc34)c(F)c2n1. The van der Waals surface area contributed by atoms with Crippen LogP contribution < -0.4 is 20.3 Å². The molecular weight excluding hydrogens is 632 g/mol. The molecule has 44 heavy (non-hydrogen) atoms. The molecule has 4 heterocycles. The van der Waals surface area contributed by atoms with Crippen LogP contribution in [0.3, 0.4) is 0 Å². The van der Waals surface area contributed by atoms with Crippen molar-refractivity contribution in [3.8, 4) is 17.1 Å². The molecule has 0 saturated carbocycles. The van der Waals surface area contributed by atoms with Crippen molar-refractivity contribution in [1.29, 1.82) is 0 Å². The largest absolute Gasteiger partial charge is 0.462 e. The lowest BCUT2D eigenvalue weighted by molar-refractivity contribution is -0.115. The number of ether oxygens (including phenoxy) is 1. The van der Waals surface area contributed by atoms with Gasteiger partial charge in [-0.2, -0.15) is 23.1 Å². The van der Waals surface area contributed by atoms with Gasteiger partial charge in [0.1, 0.15) is 24.5 Å². The van der Waals surface area contributed by atoms with Gasteiger partial charge in [0.25, 0.3) is 5.92 Å². The van der Waals surface area contributed by atoms with E-state index in [2.05, 4.69) is 30.5 Å². The third-order valence-electron chi connectivity index (χ3n) is 7.71. The minimum absolute atomic E-state index is 0.00924. The summed E-state index contributed by atoms with van der Waals surface area (Å²) in [7, 11) is 1.97. The van der Waals surface area contributed by atoms with Crippen molar-refractivity contribution in [2.24, 2.45) is 0 Å². The van der Waals surface area contributed by atoms with E-state index in [4.69, 9.17) is 16.3 Å². The molecule has 0 aliphatic carbocycles. The van der Waals surface area contributed by atoms with E-state index in [1.54, 1.807) is 18.2 Å². The monoisotopic (exact) mass is 659 g/mol. The Morgan fingerprint density at radius 1 is 1.18 bits per heavy atom. The molecule has 16 heteroatoms. The Balaban J connectivity index is 1.47. The molecule has 2 N–H and O–H groups in total. The molecule has 6 rings (SSSR count). The summed E-state index contributed by atoms with van der Waals surface area (Å²) in [6.45, 7) is -0.914. The smallest absolute Gasteiger partial charge is 0.405 e. The summed E-state index contributed by atoms with van der Waals surface area (Å²) in [5.41, 5.74) is 0.221. The van der Waals surface area contributed by atoms with Gasteiger partial charge in [-0.25, -0.2) is 18.2 Å². The van der Waals surface area contributed by atoms with E-state index in [1.165, 1.54) is 11.0 Å². The summed E-state index contributed by atoms with van der Waals surface area (Å²) < 4.78 is 90.8. The number of likely N-dealkylation sites (N-methyl/N-ethyl adjacent to an activating group) is 1. The van der Waals surface area contributed by atoms with Gasteiger partial charge in [-0.1, -0.05) is 35.1 Å². The number of hydrogen-bond donors (Lipinski definition) is 2. The lowest BCUT2D eigenvalue weighted by Crippen LogP contribution is -2.39. The van der Waals surface area contributed by atoms with Crippen LogP contribution in [0.4, 0.5) is 37.3 Å². The van der Waals surface area contributed by atoms with Gasteiger partial charge in [-0.3, -0.25) is 0 Å². The van der Waals surface area contributed by atoms with Crippen molar-refractivity contribution in [1.82, 2.24) is 25.2 Å². The molecule has 0 spiro atoms. The second kappa shape index (κ2) is 12.0. The van der Waals surface area contributed by atoms with Gasteiger partial charge in [-0.15, -0.1) is 0 Å². The number of thiazole rings is 1. The van der Waals surface area contributed by atoms with E-state index in [0.717, 1.165) is 30.7 Å². The third kappa shape index (κ3) is 6.46. The average Bonchev–Trinajstić information content (AvgIpc) is 3.52. The van der Waals surface area contributed by atoms with E-state index in [-0.39, 0.29) is 75.3 Å². The Morgan fingerprint density at radius 3 is 2.75 bits per heavy atom. The van der Waals surface area contributed by atoms with Crippen LogP contribution >= 0.6 is 22.9 Å². The van der Waals surface area contributed by atoms with Crippen LogP contribution in [0.25, 0.3) is 32.2 Å². The number of alkyl halides is 5. The quantitative estimate of drug-likeness (QED) is 0.228. The number of fused-ring (bicyclic) bond motifs is 2. The van der Waals surface area contributed by atoms with E-state index < -0.39 is 37.6 Å². The Labute approximate surface area is 257 Å². The number of para-hydroxylation sites is 1. The van der Waals surface area contributed by atoms with Crippen molar-refractivity contribution < 1.29 is 31.1 Å². The number of hydrogen-bond acceptors (Lipinski definition) is 9. The zero-order valence-corrected chi connectivity index (χ0v) is 25.0. The molecule has 2 aliphatic rings. The van der Waals surface area contributed by atoms with Crippen molar-refractivity contribution in [3.63, 3.8) is 0 Å². The van der Waals surface area contributed by atoms with Gasteiger partial charge in [0, 0.05) is 35.6 Å². The van der Waals surface area contributed by atoms with Crippen LogP contribution in [0.2, 0.25) is 5.02 Å². The number of halogens is 7. The molecule has 2 aromatic carbocycles. The van der Waals surface area contributed by atoms with Crippen LogP contribution in [-0.4, -0.2) is 90.9 Å². The number of benzene rings is 2. The molecule has 236 valence electrons. The highest BCUT2D eigenvalue weighted by Crippen LogP contribution is 2.42. The summed E-state index contributed by atoms with van der Waals surface area (Å²) in [5, 5.41) is 5.04. The first-order chi connectivity index (χ1) is 20.9. The molecule has 4 aromatic rings. The highest BCUT2D eigenvalue weighted by molar-refractivity contribution is 7.22. The second-order valence-corrected chi connectivity index (χ2v) is 12.4. The molecule has 0 unspecified atom stereocenters. The highest BCUT2D eigenvalue weighted by atomic mass is 35.5. The van der Waals surface area contributed by atoms with Crippen LogP contribution in [-0.2, 0) is 0 Å². The zero-order chi connectivity index (χ0) is 31.2. The summed E-state index contributed by atoms with van der Waals surface area (Å²) in [6.07, 6.45) is -2.56. The maximum absolute atomic E-state index is 16.6. The first-order valence-electron chi connectivity index (χ1n) is 14.0. The fourth-order valence-electron chi connectivity index (χ4n) is 5.55. The second-order valence-electron chi connectivity index (χ2n) is 11.0. The van der Waals surface area contributed by atoms with Crippen molar-refractivity contribution in [2.75, 3.05) is 63.1 Å². The summed E-state index contributed by atoms with van der Waals surface area (Å²) in [5.74, 6) is -3.88. The predicted molar refractivity (Wildman–Crippen MR) is 159 cm³/mol. The Morgan fingerprint density at radius 2 is 2.00 bits per heavy atom. The molecule has 0 bridgehead atoms. The van der Waals surface area contributed by atoms with Gasteiger partial charge in [0.15, 0.2) is 10.9 Å². The third-order valence-corrected chi connectivity index (χ3v) is 8.99. The Bertz CT molecular complexity index is 1690. The topological polar surface area (TPSA) is 78.4 Å². The van der Waals surface area contributed by atoms with Crippen LogP contribution in [0.15, 0.2) is 24.3 Å². The van der Waals surface area contributed by atoms with Crippen molar-refractivity contribution >= 4 is 55.0 Å². The summed E-state index contributed by atoms with van der Waals surface area (Å²) >= 11 is 7.66. The minimum atomic E-state index is -4.45. The van der Waals surface area contributed by atoms with E-state index in [0.29, 0.717) is 4.70 Å². The van der Waals surface area contributed by atoms with E-state index in [1.807, 2.05) is 7.05 Å². The van der Waals surface area contributed by atoms with Gasteiger partial charge >= 0.3 is 12.2 Å². The lowest BCUT2D eigenvalue weighted by Gasteiger charge is -2.26. The average molecular weight is 660 g/mol. The molecule has 2 aromatic heterocycles. The highest BCUT2D eigenvalue weighted by Gasteiger charge is 2.36. The minimum Gasteiger partial charge on any atom is -0.462 e. The predicted octanol–water partition coefficient (Wildman–Crippen LogP) is 6.19. The van der Waals surface area contributed by atoms with Crippen LogP contribution in [0.1, 0.15) is 12.8 Å². The number of rotatable bonds is 7. The van der Waals surface area contributed by atoms with Crippen molar-refractivity contribution in [2.45, 2.75) is 31.0 Å². The first-order valence-corrected chi connectivity index (χ1v) is 15.1. The molecule has 0 amide bonds. The number of aromatic nitrogens is 3. The van der Waals surface area contributed by atoms with Gasteiger partial charge in [-0.05, 0) is 38.6 Å². The Kier molecular flexibility index (Phi) is 8.41. The standard InChI is InChI=1S/C28H28ClF6N7OS/c1-41-8-3-4-15(41)11-43-25-38-23-17(24(40-25)42-9-7-36-12-27(31,32)14-42)10-18(29)20(21(23)30)16-5-2-6-19-22(16)39-26(44-19)37-13-28(33,34)35/h2,5-6,10,15,36H,3-4,7-9,11-14H2,1H3,(H,37,39)/t15-/m0/s1. The van der Waals surface area contributed by atoms with Gasteiger partial charge in [0.05, 0.1) is 28.3 Å². The van der Waals surface area contributed by atoms with Crippen LogP contribution in [0, 0.1) is 5.82 Å². The molecule has 1 atom stereocenters. The number of likely N-dealkylation sites (tertiary alicyclic amines) is 1. The maximum atomic E-state index is 16.6. The molecular formula is C28H28ClF6N7OS. The first kappa shape index (κ1) is 30.9. The molecule has 0 radical (unpaired) electrons. The maximum Gasteiger partial charge on any atom is 0.405 e. The number of nitrogens with zero attached hydrogens (tertiary/aromatic N) is 5. The Hall–Kier alpha value is -3.14. The number of anilines is 2. The molecule has 2 fully saturated rings. The normalized spacial score (nSPS) is 19.5. The molecule has 2 aliphatic heterocycles. The summed E-state index contributed by atoms with van der Waals surface area (Å²) in [6, 6.07) is 6.19. The fraction of sp³-hybridized carbons (Fsp3) is 0.464.